The van der Waals surface area contributed by atoms with Crippen molar-refractivity contribution in [1.29, 1.82) is 5.26 Å². The molecule has 1 aromatic rings. The van der Waals surface area contributed by atoms with Gasteiger partial charge >= 0.3 is 0 Å². The smallest absolute Gasteiger partial charge is 0.242 e. The lowest BCUT2D eigenvalue weighted by Crippen LogP contribution is -2.54. The van der Waals surface area contributed by atoms with Crippen LogP contribution in [-0.2, 0) is 10.5 Å². The number of methoxy groups -OCH3 is 1. The first-order chi connectivity index (χ1) is 11.8. The van der Waals surface area contributed by atoms with Gasteiger partial charge in [0.25, 0.3) is 0 Å². The fourth-order valence-electron chi connectivity index (χ4n) is 2.71. The lowest BCUT2D eigenvalue weighted by atomic mass is 10.0. The van der Waals surface area contributed by atoms with E-state index in [2.05, 4.69) is 0 Å². The first-order valence-corrected chi connectivity index (χ1v) is 9.13. The number of carbonyl (C=O) groups excluding carboxylic acids is 1. The van der Waals surface area contributed by atoms with Crippen LogP contribution in [0.4, 0.5) is 4.39 Å². The number of nitriles is 1. The summed E-state index contributed by atoms with van der Waals surface area (Å²) >= 11 is 1.56. The number of amides is 1. The Morgan fingerprint density at radius 2 is 2.16 bits per heavy atom. The molecule has 0 aliphatic carbocycles. The standard InChI is InChI=1S/C18H24FN3O2S/c1-18(2,25-11-12-4-6-15(24-3)7-5-12)16(21)17(23)22-10-13(19)8-14(22)9-20/h4-7,13-14,16H,8,10-11,21H2,1-3H3/t13-,14-,16?/m0/s1. The predicted molar refractivity (Wildman–Crippen MR) is 97.0 cm³/mol. The Balaban J connectivity index is 1.99. The second-order valence-corrected chi connectivity index (χ2v) is 8.32. The molecule has 5 nitrogen and oxygen atoms in total. The Labute approximate surface area is 152 Å². The van der Waals surface area contributed by atoms with E-state index in [0.29, 0.717) is 5.75 Å². The van der Waals surface area contributed by atoms with Crippen molar-refractivity contribution in [3.05, 3.63) is 29.8 Å². The van der Waals surface area contributed by atoms with E-state index in [1.54, 1.807) is 18.9 Å². The number of thioether (sulfide) groups is 1. The average molecular weight is 365 g/mol. The molecule has 2 N–H and O–H groups in total. The van der Waals surface area contributed by atoms with Crippen molar-refractivity contribution in [3.63, 3.8) is 0 Å². The number of alkyl halides is 1. The highest BCUT2D eigenvalue weighted by Gasteiger charge is 2.42. The molecule has 1 aromatic carbocycles. The third kappa shape index (κ3) is 4.65. The van der Waals surface area contributed by atoms with Crippen LogP contribution < -0.4 is 10.5 Å². The maximum absolute atomic E-state index is 13.6. The molecule has 0 spiro atoms. The zero-order chi connectivity index (χ0) is 18.6. The van der Waals surface area contributed by atoms with Crippen LogP contribution in [0.2, 0.25) is 0 Å². The van der Waals surface area contributed by atoms with Crippen molar-refractivity contribution in [2.45, 2.75) is 49.0 Å². The Hall–Kier alpha value is -1.78. The van der Waals surface area contributed by atoms with Gasteiger partial charge in [-0.05, 0) is 31.5 Å². The maximum atomic E-state index is 13.6. The number of hydrogen-bond donors (Lipinski definition) is 1. The van der Waals surface area contributed by atoms with Crippen LogP contribution in [-0.4, -0.2) is 47.5 Å². The van der Waals surface area contributed by atoms with Crippen LogP contribution >= 0.6 is 11.8 Å². The summed E-state index contributed by atoms with van der Waals surface area (Å²) in [6.45, 7) is 3.74. The number of nitrogens with zero attached hydrogens (tertiary/aromatic N) is 2. The lowest BCUT2D eigenvalue weighted by Gasteiger charge is -2.33. The van der Waals surface area contributed by atoms with E-state index >= 15 is 0 Å². The monoisotopic (exact) mass is 365 g/mol. The zero-order valence-corrected chi connectivity index (χ0v) is 15.6. The van der Waals surface area contributed by atoms with Crippen LogP contribution in [0.5, 0.6) is 5.75 Å². The van der Waals surface area contributed by atoms with Gasteiger partial charge in [-0.1, -0.05) is 12.1 Å². The van der Waals surface area contributed by atoms with Gasteiger partial charge in [-0.3, -0.25) is 4.79 Å². The molecule has 0 radical (unpaired) electrons. The minimum Gasteiger partial charge on any atom is -0.497 e. The molecule has 0 bridgehead atoms. The Kier molecular flexibility index (Phi) is 6.31. The molecule has 0 saturated carbocycles. The van der Waals surface area contributed by atoms with E-state index in [-0.39, 0.29) is 18.9 Å². The molecule has 0 aromatic heterocycles. The van der Waals surface area contributed by atoms with E-state index in [1.807, 2.05) is 44.2 Å². The second-order valence-electron chi connectivity index (χ2n) is 6.69. The van der Waals surface area contributed by atoms with Crippen LogP contribution in [0.15, 0.2) is 24.3 Å². The molecule has 7 heteroatoms. The quantitative estimate of drug-likeness (QED) is 0.838. The molecule has 1 fully saturated rings. The zero-order valence-electron chi connectivity index (χ0n) is 14.7. The first-order valence-electron chi connectivity index (χ1n) is 8.15. The molecule has 1 saturated heterocycles. The average Bonchev–Trinajstić information content (AvgIpc) is 3.00. The summed E-state index contributed by atoms with van der Waals surface area (Å²) in [5, 5.41) is 9.12. The van der Waals surface area contributed by atoms with Crippen molar-refractivity contribution in [2.24, 2.45) is 5.73 Å². The molecule has 1 unspecified atom stereocenters. The van der Waals surface area contributed by atoms with Gasteiger partial charge in [0.15, 0.2) is 0 Å². The van der Waals surface area contributed by atoms with E-state index in [4.69, 9.17) is 15.7 Å². The van der Waals surface area contributed by atoms with Crippen molar-refractivity contribution in [1.82, 2.24) is 4.90 Å². The van der Waals surface area contributed by atoms with Gasteiger partial charge in [0.05, 0.1) is 25.8 Å². The van der Waals surface area contributed by atoms with Gasteiger partial charge in [-0.2, -0.15) is 5.26 Å². The maximum Gasteiger partial charge on any atom is 0.242 e. The second kappa shape index (κ2) is 8.07. The molecule has 3 atom stereocenters. The van der Waals surface area contributed by atoms with Crippen molar-refractivity contribution in [2.75, 3.05) is 13.7 Å². The van der Waals surface area contributed by atoms with Crippen molar-refractivity contribution in [3.8, 4) is 11.8 Å². The van der Waals surface area contributed by atoms with Gasteiger partial charge in [0, 0.05) is 16.9 Å². The number of likely N-dealkylation sites (tertiary alicyclic amines) is 1. The number of nitrogens with two attached hydrogens (primary N) is 1. The molecule has 2 rings (SSSR count). The molecule has 25 heavy (non-hydrogen) atoms. The number of rotatable bonds is 6. The van der Waals surface area contributed by atoms with Gasteiger partial charge in [-0.25, -0.2) is 4.39 Å². The van der Waals surface area contributed by atoms with Crippen molar-refractivity contribution < 1.29 is 13.9 Å². The van der Waals surface area contributed by atoms with Crippen LogP contribution in [0, 0.1) is 11.3 Å². The third-order valence-electron chi connectivity index (χ3n) is 4.47. The Bertz CT molecular complexity index is 645. The summed E-state index contributed by atoms with van der Waals surface area (Å²) < 4.78 is 18.1. The third-order valence-corrected chi connectivity index (χ3v) is 5.94. The predicted octanol–water partition coefficient (Wildman–Crippen LogP) is 2.50. The summed E-state index contributed by atoms with van der Waals surface area (Å²) in [6, 6.07) is 8.16. The van der Waals surface area contributed by atoms with Crippen LogP contribution in [0.3, 0.4) is 0 Å². The van der Waals surface area contributed by atoms with Gasteiger partial charge < -0.3 is 15.4 Å². The topological polar surface area (TPSA) is 79.3 Å². The van der Waals surface area contributed by atoms with Crippen LogP contribution in [0.1, 0.15) is 25.8 Å². The normalized spacial score (nSPS) is 21.7. The SMILES string of the molecule is COc1ccc(CSC(C)(C)C(N)C(=O)N2C[C@@H](F)C[C@H]2C#N)cc1. The van der Waals surface area contributed by atoms with Gasteiger partial charge in [-0.15, -0.1) is 11.8 Å². The lowest BCUT2D eigenvalue weighted by molar-refractivity contribution is -0.133. The molecule has 1 amide bonds. The number of hydrogen-bond acceptors (Lipinski definition) is 5. The van der Waals surface area contributed by atoms with E-state index in [0.717, 1.165) is 11.3 Å². The minimum atomic E-state index is -1.16. The van der Waals surface area contributed by atoms with Crippen molar-refractivity contribution >= 4 is 17.7 Å². The van der Waals surface area contributed by atoms with E-state index < -0.39 is 23.0 Å². The van der Waals surface area contributed by atoms with E-state index in [1.165, 1.54) is 4.90 Å². The largest absolute Gasteiger partial charge is 0.497 e. The van der Waals surface area contributed by atoms with Gasteiger partial charge in [0.1, 0.15) is 18.0 Å². The molecule has 1 aliphatic heterocycles. The fourth-order valence-corrected chi connectivity index (χ4v) is 3.72. The number of carbonyl (C=O) groups is 1. The number of benzene rings is 1. The Morgan fingerprint density at radius 3 is 2.72 bits per heavy atom. The molecule has 1 aliphatic rings. The summed E-state index contributed by atoms with van der Waals surface area (Å²) in [5.74, 6) is 1.11. The first kappa shape index (κ1) is 19.5. The fraction of sp³-hybridized carbons (Fsp3) is 0.556. The minimum absolute atomic E-state index is 0.0516. The highest BCUT2D eigenvalue weighted by atomic mass is 32.2. The summed E-state index contributed by atoms with van der Waals surface area (Å²) in [6.07, 6.45) is -1.09. The summed E-state index contributed by atoms with van der Waals surface area (Å²) in [4.78, 5) is 13.9. The highest BCUT2D eigenvalue weighted by Crippen LogP contribution is 2.33. The molecular formula is C18H24FN3O2S. The van der Waals surface area contributed by atoms with Crippen LogP contribution in [0.25, 0.3) is 0 Å². The number of halogens is 1. The molecule has 136 valence electrons. The summed E-state index contributed by atoms with van der Waals surface area (Å²) in [7, 11) is 1.62. The molecule has 1 heterocycles. The molecular weight excluding hydrogens is 341 g/mol. The van der Waals surface area contributed by atoms with Gasteiger partial charge in [0.2, 0.25) is 5.91 Å². The highest BCUT2D eigenvalue weighted by molar-refractivity contribution is 7.99. The number of ether oxygens (including phenoxy) is 1. The van der Waals surface area contributed by atoms with E-state index in [9.17, 15) is 9.18 Å². The summed E-state index contributed by atoms with van der Waals surface area (Å²) in [5.41, 5.74) is 7.28. The Morgan fingerprint density at radius 1 is 1.52 bits per heavy atom.